The molecule has 0 aliphatic carbocycles. The lowest BCUT2D eigenvalue weighted by Crippen LogP contribution is -2.27. The first-order chi connectivity index (χ1) is 6.68. The minimum atomic E-state index is -0.722. The smallest absolute Gasteiger partial charge is 0.307 e. The molecule has 0 saturated carbocycles. The van der Waals surface area contributed by atoms with E-state index < -0.39 is 5.97 Å². The van der Waals surface area contributed by atoms with Gasteiger partial charge in [0.15, 0.2) is 0 Å². The van der Waals surface area contributed by atoms with E-state index in [1.54, 1.807) is 6.92 Å². The van der Waals surface area contributed by atoms with Crippen molar-refractivity contribution in [3.05, 3.63) is 0 Å². The topological polar surface area (TPSA) is 49.3 Å². The third-order valence-electron chi connectivity index (χ3n) is 2.07. The number of hydrogen-bond donors (Lipinski definition) is 2. The number of rotatable bonds is 9. The number of carbonyl (C=O) groups is 1. The first-order valence-corrected chi connectivity index (χ1v) is 6.50. The first kappa shape index (κ1) is 13.8. The molecule has 0 aromatic carbocycles. The largest absolute Gasteiger partial charge is 0.481 e. The van der Waals surface area contributed by atoms with Gasteiger partial charge in [-0.2, -0.15) is 11.8 Å². The Bertz CT molecular complexity index is 153. The van der Waals surface area contributed by atoms with Crippen molar-refractivity contribution >= 4 is 17.7 Å². The third-order valence-corrected chi connectivity index (χ3v) is 2.77. The monoisotopic (exact) mass is 219 g/mol. The second-order valence-electron chi connectivity index (χ2n) is 3.50. The quantitative estimate of drug-likeness (QED) is 0.581. The van der Waals surface area contributed by atoms with Gasteiger partial charge in [-0.05, 0) is 31.4 Å². The predicted octanol–water partition coefficient (Wildman–Crippen LogP) is 1.83. The predicted molar refractivity (Wildman–Crippen MR) is 61.9 cm³/mol. The maximum atomic E-state index is 10.5. The summed E-state index contributed by atoms with van der Waals surface area (Å²) in [5.41, 5.74) is 0. The number of nitrogens with one attached hydrogen (secondary N) is 1. The molecular weight excluding hydrogens is 198 g/mol. The van der Waals surface area contributed by atoms with Gasteiger partial charge >= 0.3 is 5.97 Å². The summed E-state index contributed by atoms with van der Waals surface area (Å²) in [4.78, 5) is 10.5. The van der Waals surface area contributed by atoms with Gasteiger partial charge in [0, 0.05) is 6.54 Å². The van der Waals surface area contributed by atoms with Crippen LogP contribution in [0.1, 0.15) is 26.2 Å². The van der Waals surface area contributed by atoms with Crippen molar-refractivity contribution in [3.63, 3.8) is 0 Å². The fraction of sp³-hybridized carbons (Fsp3) is 0.900. The van der Waals surface area contributed by atoms with Gasteiger partial charge in [-0.25, -0.2) is 0 Å². The molecule has 0 fully saturated rings. The Kier molecular flexibility index (Phi) is 9.19. The van der Waals surface area contributed by atoms with Crippen molar-refractivity contribution in [3.8, 4) is 0 Å². The molecule has 0 aromatic rings. The normalized spacial score (nSPS) is 12.7. The van der Waals surface area contributed by atoms with Crippen LogP contribution in [0.25, 0.3) is 0 Å². The molecule has 84 valence electrons. The van der Waals surface area contributed by atoms with Gasteiger partial charge < -0.3 is 10.4 Å². The molecular formula is C10H21NO2S. The zero-order chi connectivity index (χ0) is 10.8. The number of carboxylic acids is 1. The van der Waals surface area contributed by atoms with Gasteiger partial charge in [0.25, 0.3) is 0 Å². The van der Waals surface area contributed by atoms with E-state index in [9.17, 15) is 4.79 Å². The lowest BCUT2D eigenvalue weighted by molar-refractivity contribution is -0.140. The summed E-state index contributed by atoms with van der Waals surface area (Å²) in [5.74, 6) is 0.229. The molecule has 0 aliphatic heterocycles. The van der Waals surface area contributed by atoms with Crippen molar-refractivity contribution in [1.29, 1.82) is 0 Å². The Morgan fingerprint density at radius 2 is 2.14 bits per heavy atom. The van der Waals surface area contributed by atoms with E-state index in [-0.39, 0.29) is 5.92 Å². The summed E-state index contributed by atoms with van der Waals surface area (Å²) in [6.45, 7) is 3.24. The second kappa shape index (κ2) is 9.34. The Hall–Kier alpha value is -0.220. The van der Waals surface area contributed by atoms with Crippen LogP contribution >= 0.6 is 11.8 Å². The molecule has 0 rings (SSSR count). The summed E-state index contributed by atoms with van der Waals surface area (Å²) in [5, 5.41) is 11.8. The molecule has 3 nitrogen and oxygen atoms in total. The number of aliphatic carboxylic acids is 1. The zero-order valence-corrected chi connectivity index (χ0v) is 9.90. The summed E-state index contributed by atoms with van der Waals surface area (Å²) in [6, 6.07) is 0. The van der Waals surface area contributed by atoms with Crippen molar-refractivity contribution in [2.75, 3.05) is 25.1 Å². The minimum Gasteiger partial charge on any atom is -0.481 e. The fourth-order valence-corrected chi connectivity index (χ4v) is 1.57. The summed E-state index contributed by atoms with van der Waals surface area (Å²) in [7, 11) is 0. The highest BCUT2D eigenvalue weighted by atomic mass is 32.2. The SMILES string of the molecule is CSCCCCCNCC(C)C(=O)O. The van der Waals surface area contributed by atoms with Gasteiger partial charge in [0.05, 0.1) is 5.92 Å². The Morgan fingerprint density at radius 3 is 2.71 bits per heavy atom. The minimum absolute atomic E-state index is 0.277. The van der Waals surface area contributed by atoms with Crippen LogP contribution in [0.4, 0.5) is 0 Å². The van der Waals surface area contributed by atoms with Gasteiger partial charge in [-0.1, -0.05) is 13.3 Å². The van der Waals surface area contributed by atoms with Crippen LogP contribution in [0.2, 0.25) is 0 Å². The van der Waals surface area contributed by atoms with E-state index in [4.69, 9.17) is 5.11 Å². The highest BCUT2D eigenvalue weighted by Gasteiger charge is 2.08. The molecule has 1 unspecified atom stereocenters. The van der Waals surface area contributed by atoms with Crippen molar-refractivity contribution in [2.45, 2.75) is 26.2 Å². The summed E-state index contributed by atoms with van der Waals surface area (Å²) in [6.07, 6.45) is 5.76. The number of thioether (sulfide) groups is 1. The van der Waals surface area contributed by atoms with Crippen LogP contribution < -0.4 is 5.32 Å². The molecule has 2 N–H and O–H groups in total. The van der Waals surface area contributed by atoms with Crippen molar-refractivity contribution in [1.82, 2.24) is 5.32 Å². The molecule has 0 amide bonds. The van der Waals surface area contributed by atoms with Gasteiger partial charge in [0.2, 0.25) is 0 Å². The molecule has 4 heteroatoms. The van der Waals surface area contributed by atoms with Crippen molar-refractivity contribution in [2.24, 2.45) is 5.92 Å². The van der Waals surface area contributed by atoms with Crippen LogP contribution in [0.3, 0.4) is 0 Å². The van der Waals surface area contributed by atoms with Crippen LogP contribution in [0, 0.1) is 5.92 Å². The van der Waals surface area contributed by atoms with Crippen LogP contribution in [0.15, 0.2) is 0 Å². The maximum Gasteiger partial charge on any atom is 0.307 e. The van der Waals surface area contributed by atoms with E-state index in [1.807, 2.05) is 11.8 Å². The number of hydrogen-bond acceptors (Lipinski definition) is 3. The average Bonchev–Trinajstić information content (AvgIpc) is 2.16. The molecule has 0 saturated heterocycles. The van der Waals surface area contributed by atoms with Crippen molar-refractivity contribution < 1.29 is 9.90 Å². The van der Waals surface area contributed by atoms with E-state index in [2.05, 4.69) is 11.6 Å². The lowest BCUT2D eigenvalue weighted by Gasteiger charge is -2.07. The number of unbranched alkanes of at least 4 members (excludes halogenated alkanes) is 2. The summed E-state index contributed by atoms with van der Waals surface area (Å²) >= 11 is 1.88. The van der Waals surface area contributed by atoms with E-state index >= 15 is 0 Å². The standard InChI is InChI=1S/C10H21NO2S/c1-9(10(12)13)8-11-6-4-3-5-7-14-2/h9,11H,3-8H2,1-2H3,(H,12,13). The molecule has 1 atom stereocenters. The van der Waals surface area contributed by atoms with Gasteiger partial charge in [-0.15, -0.1) is 0 Å². The molecule has 0 bridgehead atoms. The second-order valence-corrected chi connectivity index (χ2v) is 4.48. The van der Waals surface area contributed by atoms with Crippen LogP contribution in [0.5, 0.6) is 0 Å². The van der Waals surface area contributed by atoms with Gasteiger partial charge in [0.1, 0.15) is 0 Å². The Balaban J connectivity index is 3.09. The van der Waals surface area contributed by atoms with E-state index in [0.29, 0.717) is 6.54 Å². The van der Waals surface area contributed by atoms with E-state index in [0.717, 1.165) is 13.0 Å². The summed E-state index contributed by atoms with van der Waals surface area (Å²) < 4.78 is 0. The maximum absolute atomic E-state index is 10.5. The average molecular weight is 219 g/mol. The highest BCUT2D eigenvalue weighted by molar-refractivity contribution is 7.98. The third kappa shape index (κ3) is 8.38. The van der Waals surface area contributed by atoms with Crippen LogP contribution in [-0.4, -0.2) is 36.2 Å². The Labute approximate surface area is 90.7 Å². The fourth-order valence-electron chi connectivity index (χ4n) is 1.08. The lowest BCUT2D eigenvalue weighted by atomic mass is 10.2. The Morgan fingerprint density at radius 1 is 1.43 bits per heavy atom. The zero-order valence-electron chi connectivity index (χ0n) is 9.08. The van der Waals surface area contributed by atoms with Crippen LogP contribution in [-0.2, 0) is 4.79 Å². The first-order valence-electron chi connectivity index (χ1n) is 5.11. The molecule has 0 radical (unpaired) electrons. The highest BCUT2D eigenvalue weighted by Crippen LogP contribution is 2.01. The molecule has 0 heterocycles. The van der Waals surface area contributed by atoms with Gasteiger partial charge in [-0.3, -0.25) is 4.79 Å². The molecule has 14 heavy (non-hydrogen) atoms. The number of carboxylic acid groups (broad SMARTS) is 1. The molecule has 0 aromatic heterocycles. The molecule has 0 spiro atoms. The van der Waals surface area contributed by atoms with E-state index in [1.165, 1.54) is 18.6 Å². The molecule has 0 aliphatic rings.